The fraction of sp³-hybridized carbons (Fsp3) is 0.286. The van der Waals surface area contributed by atoms with Gasteiger partial charge in [-0.15, -0.1) is 0 Å². The molecule has 1 aliphatic heterocycles. The van der Waals surface area contributed by atoms with Gasteiger partial charge in [-0.3, -0.25) is 0 Å². The van der Waals surface area contributed by atoms with Gasteiger partial charge in [0.05, 0.1) is 12.7 Å². The van der Waals surface area contributed by atoms with Crippen molar-refractivity contribution in [3.8, 4) is 5.75 Å². The molecule has 2 heterocycles. The zero-order valence-corrected chi connectivity index (χ0v) is 10.2. The molecule has 1 unspecified atom stereocenters. The Morgan fingerprint density at radius 3 is 3.12 bits per heavy atom. The standard InChI is InChI=1S/C14H14O2S/c15-13(7-10-4-6-17-9-10)11-1-2-14-12(8-11)3-5-16-14/h1-2,4,6,8-9,13,15H,3,5,7H2. The van der Waals surface area contributed by atoms with Crippen molar-refractivity contribution in [2.45, 2.75) is 18.9 Å². The van der Waals surface area contributed by atoms with Gasteiger partial charge in [0.25, 0.3) is 0 Å². The molecule has 0 radical (unpaired) electrons. The second-order valence-corrected chi connectivity index (χ2v) is 5.10. The van der Waals surface area contributed by atoms with E-state index < -0.39 is 6.10 Å². The molecule has 0 bridgehead atoms. The fourth-order valence-corrected chi connectivity index (χ4v) is 2.85. The van der Waals surface area contributed by atoms with E-state index in [1.807, 2.05) is 17.5 Å². The quantitative estimate of drug-likeness (QED) is 0.902. The Morgan fingerprint density at radius 1 is 1.35 bits per heavy atom. The number of ether oxygens (including phenoxy) is 1. The predicted octanol–water partition coefficient (Wildman–Crippen LogP) is 2.96. The van der Waals surface area contributed by atoms with Crippen LogP contribution in [0.4, 0.5) is 0 Å². The number of rotatable bonds is 3. The van der Waals surface area contributed by atoms with Crippen molar-refractivity contribution in [2.24, 2.45) is 0 Å². The van der Waals surface area contributed by atoms with Gasteiger partial charge in [-0.05, 0) is 45.6 Å². The third-order valence-electron chi connectivity index (χ3n) is 3.11. The Balaban J connectivity index is 1.79. The van der Waals surface area contributed by atoms with Crippen molar-refractivity contribution in [1.82, 2.24) is 0 Å². The third-order valence-corrected chi connectivity index (χ3v) is 3.84. The number of thiophene rings is 1. The van der Waals surface area contributed by atoms with Crippen molar-refractivity contribution in [3.63, 3.8) is 0 Å². The van der Waals surface area contributed by atoms with Gasteiger partial charge in [0.15, 0.2) is 0 Å². The molecule has 3 heteroatoms. The molecular weight excluding hydrogens is 232 g/mol. The number of hydrogen-bond acceptors (Lipinski definition) is 3. The minimum absolute atomic E-state index is 0.421. The number of aliphatic hydroxyl groups is 1. The van der Waals surface area contributed by atoms with Crippen LogP contribution in [-0.4, -0.2) is 11.7 Å². The first-order valence-corrected chi connectivity index (χ1v) is 6.72. The van der Waals surface area contributed by atoms with Crippen LogP contribution in [0, 0.1) is 0 Å². The van der Waals surface area contributed by atoms with Crippen LogP contribution in [0.1, 0.15) is 22.8 Å². The second-order valence-electron chi connectivity index (χ2n) is 4.32. The summed E-state index contributed by atoms with van der Waals surface area (Å²) < 4.78 is 5.46. The van der Waals surface area contributed by atoms with Gasteiger partial charge in [-0.2, -0.15) is 11.3 Å². The molecule has 1 aliphatic rings. The summed E-state index contributed by atoms with van der Waals surface area (Å²) in [5, 5.41) is 14.3. The zero-order chi connectivity index (χ0) is 11.7. The second kappa shape index (κ2) is 4.51. The summed E-state index contributed by atoms with van der Waals surface area (Å²) >= 11 is 1.67. The molecule has 0 saturated carbocycles. The molecule has 17 heavy (non-hydrogen) atoms. The molecule has 0 fully saturated rings. The summed E-state index contributed by atoms with van der Waals surface area (Å²) in [7, 11) is 0. The first-order chi connectivity index (χ1) is 8.33. The Morgan fingerprint density at radius 2 is 2.29 bits per heavy atom. The number of hydrogen-bond donors (Lipinski definition) is 1. The molecular formula is C14H14O2S. The van der Waals surface area contributed by atoms with E-state index in [0.717, 1.165) is 24.3 Å². The summed E-state index contributed by atoms with van der Waals surface area (Å²) in [6, 6.07) is 8.05. The van der Waals surface area contributed by atoms with Crippen LogP contribution < -0.4 is 4.74 Å². The minimum Gasteiger partial charge on any atom is -0.493 e. The molecule has 1 atom stereocenters. The highest BCUT2D eigenvalue weighted by molar-refractivity contribution is 7.07. The van der Waals surface area contributed by atoms with Crippen molar-refractivity contribution in [1.29, 1.82) is 0 Å². The van der Waals surface area contributed by atoms with Crippen LogP contribution in [0.2, 0.25) is 0 Å². The molecule has 2 nitrogen and oxygen atoms in total. The van der Waals surface area contributed by atoms with Crippen LogP contribution in [0.25, 0.3) is 0 Å². The highest BCUT2D eigenvalue weighted by Gasteiger charge is 2.15. The van der Waals surface area contributed by atoms with Gasteiger partial charge < -0.3 is 9.84 Å². The minimum atomic E-state index is -0.421. The van der Waals surface area contributed by atoms with Gasteiger partial charge in [-0.1, -0.05) is 6.07 Å². The van der Waals surface area contributed by atoms with E-state index in [1.54, 1.807) is 11.3 Å². The van der Waals surface area contributed by atoms with Crippen molar-refractivity contribution >= 4 is 11.3 Å². The van der Waals surface area contributed by atoms with Crippen LogP contribution in [0.15, 0.2) is 35.0 Å². The molecule has 0 amide bonds. The average Bonchev–Trinajstić information content (AvgIpc) is 2.97. The maximum absolute atomic E-state index is 10.2. The van der Waals surface area contributed by atoms with Gasteiger partial charge in [0.2, 0.25) is 0 Å². The third kappa shape index (κ3) is 2.21. The molecule has 0 spiro atoms. The summed E-state index contributed by atoms with van der Waals surface area (Å²) in [6.45, 7) is 0.763. The lowest BCUT2D eigenvalue weighted by molar-refractivity contribution is 0.178. The highest BCUT2D eigenvalue weighted by Crippen LogP contribution is 2.29. The normalized spacial score (nSPS) is 15.4. The predicted molar refractivity (Wildman–Crippen MR) is 68.6 cm³/mol. The molecule has 0 aliphatic carbocycles. The maximum Gasteiger partial charge on any atom is 0.122 e. The van der Waals surface area contributed by atoms with E-state index in [0.29, 0.717) is 6.42 Å². The van der Waals surface area contributed by atoms with E-state index >= 15 is 0 Å². The summed E-state index contributed by atoms with van der Waals surface area (Å²) in [5.41, 5.74) is 3.39. The maximum atomic E-state index is 10.2. The lowest BCUT2D eigenvalue weighted by Gasteiger charge is -2.11. The molecule has 3 rings (SSSR count). The topological polar surface area (TPSA) is 29.5 Å². The monoisotopic (exact) mass is 246 g/mol. The van der Waals surface area contributed by atoms with E-state index in [2.05, 4.69) is 17.5 Å². The SMILES string of the molecule is OC(Cc1ccsc1)c1ccc2c(c1)CCO2. The Hall–Kier alpha value is -1.32. The first kappa shape index (κ1) is 10.8. The first-order valence-electron chi connectivity index (χ1n) is 5.78. The largest absolute Gasteiger partial charge is 0.493 e. The van der Waals surface area contributed by atoms with Gasteiger partial charge in [-0.25, -0.2) is 0 Å². The van der Waals surface area contributed by atoms with E-state index in [-0.39, 0.29) is 0 Å². The Labute approximate surface area is 104 Å². The summed E-state index contributed by atoms with van der Waals surface area (Å²) in [4.78, 5) is 0. The van der Waals surface area contributed by atoms with Gasteiger partial charge in [0, 0.05) is 12.8 Å². The highest BCUT2D eigenvalue weighted by atomic mass is 32.1. The number of benzene rings is 1. The van der Waals surface area contributed by atoms with Crippen LogP contribution >= 0.6 is 11.3 Å². The molecule has 1 N–H and O–H groups in total. The lowest BCUT2D eigenvalue weighted by Crippen LogP contribution is -2.01. The van der Waals surface area contributed by atoms with Crippen molar-refractivity contribution < 1.29 is 9.84 Å². The Kier molecular flexibility index (Phi) is 2.87. The molecule has 0 saturated heterocycles. The van der Waals surface area contributed by atoms with Gasteiger partial charge in [0.1, 0.15) is 5.75 Å². The molecule has 1 aromatic carbocycles. The lowest BCUT2D eigenvalue weighted by atomic mass is 10.0. The van der Waals surface area contributed by atoms with E-state index in [1.165, 1.54) is 11.1 Å². The summed E-state index contributed by atoms with van der Waals surface area (Å²) in [5.74, 6) is 0.969. The van der Waals surface area contributed by atoms with Crippen LogP contribution in [0.5, 0.6) is 5.75 Å². The van der Waals surface area contributed by atoms with Crippen molar-refractivity contribution in [3.05, 3.63) is 51.7 Å². The van der Waals surface area contributed by atoms with Crippen LogP contribution in [0.3, 0.4) is 0 Å². The summed E-state index contributed by atoms with van der Waals surface area (Å²) in [6.07, 6.45) is 1.22. The van der Waals surface area contributed by atoms with Crippen molar-refractivity contribution in [2.75, 3.05) is 6.61 Å². The molecule has 2 aromatic rings. The molecule has 1 aromatic heterocycles. The van der Waals surface area contributed by atoms with Gasteiger partial charge >= 0.3 is 0 Å². The average molecular weight is 246 g/mol. The molecule has 88 valence electrons. The van der Waals surface area contributed by atoms with E-state index in [9.17, 15) is 5.11 Å². The van der Waals surface area contributed by atoms with E-state index in [4.69, 9.17) is 4.74 Å². The Bertz CT molecular complexity index is 505. The number of aliphatic hydroxyl groups excluding tert-OH is 1. The fourth-order valence-electron chi connectivity index (χ4n) is 2.16. The van der Waals surface area contributed by atoms with Crippen LogP contribution in [-0.2, 0) is 12.8 Å². The number of fused-ring (bicyclic) bond motifs is 1. The smallest absolute Gasteiger partial charge is 0.122 e. The zero-order valence-electron chi connectivity index (χ0n) is 9.43.